The molecule has 0 atom stereocenters. The third-order valence-corrected chi connectivity index (χ3v) is 4.24. The minimum absolute atomic E-state index is 0.0452. The van der Waals surface area contributed by atoms with Gasteiger partial charge >= 0.3 is 0 Å². The predicted molar refractivity (Wildman–Crippen MR) is 102 cm³/mol. The molecule has 0 fully saturated rings. The van der Waals surface area contributed by atoms with Gasteiger partial charge in [-0.15, -0.1) is 0 Å². The van der Waals surface area contributed by atoms with Gasteiger partial charge in [-0.3, -0.25) is 19.4 Å². The van der Waals surface area contributed by atoms with Crippen LogP contribution in [0.25, 0.3) is 0 Å². The molecule has 1 aliphatic heterocycles. The number of carbonyl (C=O) groups is 2. The van der Waals surface area contributed by atoms with Crippen molar-refractivity contribution in [2.75, 3.05) is 43.5 Å². The Morgan fingerprint density at radius 2 is 1.92 bits per heavy atom. The quantitative estimate of drug-likeness (QED) is 0.866. The van der Waals surface area contributed by atoms with Gasteiger partial charge in [-0.1, -0.05) is 29.8 Å². The molecule has 6 nitrogen and oxygen atoms in total. The van der Waals surface area contributed by atoms with E-state index in [0.29, 0.717) is 18.8 Å². The molecule has 1 aliphatic rings. The molecule has 0 bridgehead atoms. The van der Waals surface area contributed by atoms with E-state index in [0.717, 1.165) is 11.4 Å². The molecule has 0 aliphatic carbocycles. The summed E-state index contributed by atoms with van der Waals surface area (Å²) in [7, 11) is 1.87. The minimum atomic E-state index is -0.178. The van der Waals surface area contributed by atoms with E-state index in [1.165, 1.54) is 10.5 Å². The number of hydrogen-bond acceptors (Lipinski definition) is 4. The van der Waals surface area contributed by atoms with Crippen LogP contribution < -0.4 is 15.0 Å². The zero-order valence-corrected chi connectivity index (χ0v) is 15.1. The van der Waals surface area contributed by atoms with E-state index in [-0.39, 0.29) is 24.9 Å². The summed E-state index contributed by atoms with van der Waals surface area (Å²) in [5.41, 5.74) is 2.59. The SMILES string of the molecule is Cc1ccc(OCCN(C)CC(=O)N2CC(=O)Nc3ccccc32)cc1. The maximum Gasteiger partial charge on any atom is 0.244 e. The zero-order chi connectivity index (χ0) is 18.5. The number of fused-ring (bicyclic) bond motifs is 1. The summed E-state index contributed by atoms with van der Waals surface area (Å²) in [5.74, 6) is 0.532. The topological polar surface area (TPSA) is 61.9 Å². The van der Waals surface area contributed by atoms with E-state index in [1.54, 1.807) is 6.07 Å². The molecule has 2 amide bonds. The van der Waals surface area contributed by atoms with Crippen molar-refractivity contribution in [3.63, 3.8) is 0 Å². The summed E-state index contributed by atoms with van der Waals surface area (Å²) in [6, 6.07) is 15.2. The van der Waals surface area contributed by atoms with Crippen molar-refractivity contribution in [2.24, 2.45) is 0 Å². The fourth-order valence-electron chi connectivity index (χ4n) is 2.80. The van der Waals surface area contributed by atoms with E-state index in [2.05, 4.69) is 5.32 Å². The first-order valence-corrected chi connectivity index (χ1v) is 8.60. The lowest BCUT2D eigenvalue weighted by Gasteiger charge is -2.30. The molecule has 3 rings (SSSR count). The standard InChI is InChI=1S/C20H23N3O3/c1-15-7-9-16(10-8-15)26-12-11-22(2)14-20(25)23-13-19(24)21-17-5-3-4-6-18(17)23/h3-10H,11-14H2,1-2H3,(H,21,24). The number of likely N-dealkylation sites (N-methyl/N-ethyl adjacent to an activating group) is 1. The lowest BCUT2D eigenvalue weighted by molar-refractivity contribution is -0.122. The number of benzene rings is 2. The van der Waals surface area contributed by atoms with E-state index >= 15 is 0 Å². The Morgan fingerprint density at radius 1 is 1.19 bits per heavy atom. The molecule has 6 heteroatoms. The number of ether oxygens (including phenoxy) is 1. The molecule has 1 heterocycles. The molecule has 0 saturated heterocycles. The highest BCUT2D eigenvalue weighted by Crippen LogP contribution is 2.28. The van der Waals surface area contributed by atoms with E-state index in [4.69, 9.17) is 4.74 Å². The number of para-hydroxylation sites is 2. The Bertz CT molecular complexity index is 789. The first-order chi connectivity index (χ1) is 12.5. The fourth-order valence-corrected chi connectivity index (χ4v) is 2.80. The van der Waals surface area contributed by atoms with Crippen LogP contribution in [0.4, 0.5) is 11.4 Å². The third kappa shape index (κ3) is 4.40. The largest absolute Gasteiger partial charge is 0.492 e. The Morgan fingerprint density at radius 3 is 2.69 bits per heavy atom. The smallest absolute Gasteiger partial charge is 0.244 e. The molecule has 0 saturated carbocycles. The molecule has 136 valence electrons. The van der Waals surface area contributed by atoms with Gasteiger partial charge in [-0.2, -0.15) is 0 Å². The molecular weight excluding hydrogens is 330 g/mol. The fraction of sp³-hybridized carbons (Fsp3) is 0.300. The van der Waals surface area contributed by atoms with Gasteiger partial charge in [-0.25, -0.2) is 0 Å². The lowest BCUT2D eigenvalue weighted by atomic mass is 10.2. The van der Waals surface area contributed by atoms with Crippen molar-refractivity contribution in [3.05, 3.63) is 54.1 Å². The summed E-state index contributed by atoms with van der Waals surface area (Å²) in [6.07, 6.45) is 0. The first-order valence-electron chi connectivity index (χ1n) is 8.60. The molecule has 26 heavy (non-hydrogen) atoms. The third-order valence-electron chi connectivity index (χ3n) is 4.24. The Hall–Kier alpha value is -2.86. The summed E-state index contributed by atoms with van der Waals surface area (Å²) in [4.78, 5) is 27.9. The van der Waals surface area contributed by atoms with Crippen LogP contribution in [0.1, 0.15) is 5.56 Å². The van der Waals surface area contributed by atoms with Gasteiger partial charge < -0.3 is 10.1 Å². The van der Waals surface area contributed by atoms with Crippen LogP contribution in [0.15, 0.2) is 48.5 Å². The highest BCUT2D eigenvalue weighted by Gasteiger charge is 2.26. The number of rotatable bonds is 6. The van der Waals surface area contributed by atoms with Crippen molar-refractivity contribution in [2.45, 2.75) is 6.92 Å². The highest BCUT2D eigenvalue weighted by atomic mass is 16.5. The molecule has 0 spiro atoms. The normalized spacial score (nSPS) is 13.3. The van der Waals surface area contributed by atoms with Gasteiger partial charge in [-0.05, 0) is 38.2 Å². The van der Waals surface area contributed by atoms with Gasteiger partial charge in [0.25, 0.3) is 0 Å². The average molecular weight is 353 g/mol. The predicted octanol–water partition coefficient (Wildman–Crippen LogP) is 2.29. The van der Waals surface area contributed by atoms with Crippen LogP contribution >= 0.6 is 0 Å². The van der Waals surface area contributed by atoms with Crippen LogP contribution in [0.5, 0.6) is 5.75 Å². The van der Waals surface area contributed by atoms with Crippen molar-refractivity contribution >= 4 is 23.2 Å². The minimum Gasteiger partial charge on any atom is -0.492 e. The van der Waals surface area contributed by atoms with Crippen molar-refractivity contribution in [1.82, 2.24) is 4.90 Å². The molecule has 0 unspecified atom stereocenters. The average Bonchev–Trinajstić information content (AvgIpc) is 2.62. The number of amides is 2. The van der Waals surface area contributed by atoms with Crippen LogP contribution in [0.2, 0.25) is 0 Å². The number of carbonyl (C=O) groups excluding carboxylic acids is 2. The maximum absolute atomic E-state index is 12.7. The maximum atomic E-state index is 12.7. The van der Waals surface area contributed by atoms with Crippen LogP contribution in [-0.4, -0.2) is 50.0 Å². The summed E-state index contributed by atoms with van der Waals surface area (Å²) in [5, 5.41) is 2.79. The lowest BCUT2D eigenvalue weighted by Crippen LogP contribution is -2.46. The molecule has 1 N–H and O–H groups in total. The summed E-state index contributed by atoms with van der Waals surface area (Å²) >= 11 is 0. The van der Waals surface area contributed by atoms with E-state index < -0.39 is 0 Å². The summed E-state index contributed by atoms with van der Waals surface area (Å²) < 4.78 is 5.70. The zero-order valence-electron chi connectivity index (χ0n) is 15.1. The molecular formula is C20H23N3O3. The number of nitrogens with zero attached hydrogens (tertiary/aromatic N) is 2. The van der Waals surface area contributed by atoms with Crippen molar-refractivity contribution in [3.8, 4) is 5.75 Å². The molecule has 2 aromatic rings. The molecule has 0 radical (unpaired) electrons. The monoisotopic (exact) mass is 353 g/mol. The number of hydrogen-bond donors (Lipinski definition) is 1. The molecule has 2 aromatic carbocycles. The second-order valence-electron chi connectivity index (χ2n) is 6.44. The Kier molecular flexibility index (Phi) is 5.53. The van der Waals surface area contributed by atoms with Gasteiger partial charge in [0.05, 0.1) is 17.9 Å². The summed E-state index contributed by atoms with van der Waals surface area (Å²) in [6.45, 7) is 3.40. The van der Waals surface area contributed by atoms with Gasteiger partial charge in [0.15, 0.2) is 0 Å². The second-order valence-corrected chi connectivity index (χ2v) is 6.44. The molecule has 0 aromatic heterocycles. The highest BCUT2D eigenvalue weighted by molar-refractivity contribution is 6.10. The van der Waals surface area contributed by atoms with Crippen molar-refractivity contribution in [1.29, 1.82) is 0 Å². The second kappa shape index (κ2) is 8.01. The Labute approximate surface area is 153 Å². The van der Waals surface area contributed by atoms with Crippen LogP contribution in [0, 0.1) is 6.92 Å². The van der Waals surface area contributed by atoms with Gasteiger partial charge in [0.2, 0.25) is 11.8 Å². The Balaban J connectivity index is 1.53. The van der Waals surface area contributed by atoms with E-state index in [9.17, 15) is 9.59 Å². The van der Waals surface area contributed by atoms with Crippen molar-refractivity contribution < 1.29 is 14.3 Å². The van der Waals surface area contributed by atoms with Crippen LogP contribution in [-0.2, 0) is 9.59 Å². The van der Waals surface area contributed by atoms with Crippen LogP contribution in [0.3, 0.4) is 0 Å². The van der Waals surface area contributed by atoms with Gasteiger partial charge in [0.1, 0.15) is 18.9 Å². The number of aryl methyl sites for hydroxylation is 1. The number of nitrogens with one attached hydrogen (secondary N) is 1. The van der Waals surface area contributed by atoms with Gasteiger partial charge in [0, 0.05) is 6.54 Å². The first kappa shape index (κ1) is 17.9. The number of anilines is 2. The van der Waals surface area contributed by atoms with E-state index in [1.807, 2.05) is 61.3 Å².